The van der Waals surface area contributed by atoms with Gasteiger partial charge in [0.2, 0.25) is 5.91 Å². The Morgan fingerprint density at radius 2 is 1.94 bits per heavy atom. The normalized spacial score (nSPS) is 16.7. The number of nitrogens with zero attached hydrogens (tertiary/aromatic N) is 1. The number of methoxy groups -OCH3 is 2. The van der Waals surface area contributed by atoms with E-state index in [1.54, 1.807) is 20.3 Å². The van der Waals surface area contributed by atoms with Crippen molar-refractivity contribution in [1.82, 2.24) is 10.2 Å². The molecule has 0 saturated carbocycles. The van der Waals surface area contributed by atoms with Gasteiger partial charge in [-0.15, -0.1) is 0 Å². The molecule has 7 heteroatoms. The van der Waals surface area contributed by atoms with Gasteiger partial charge < -0.3 is 14.8 Å². The Morgan fingerprint density at radius 1 is 1.13 bits per heavy atom. The summed E-state index contributed by atoms with van der Waals surface area (Å²) in [4.78, 5) is 14.5. The van der Waals surface area contributed by atoms with E-state index in [-0.39, 0.29) is 5.91 Å². The predicted molar refractivity (Wildman–Crippen MR) is 115 cm³/mol. The van der Waals surface area contributed by atoms with Crippen molar-refractivity contribution in [1.29, 1.82) is 0 Å². The van der Waals surface area contributed by atoms with Crippen LogP contribution in [0.25, 0.3) is 0 Å². The zero-order chi connectivity index (χ0) is 22.2. The van der Waals surface area contributed by atoms with Gasteiger partial charge in [0.25, 0.3) is 0 Å². The number of hydrogen-bond acceptors (Lipinski definition) is 4. The Hall–Kier alpha value is -2.67. The minimum Gasteiger partial charge on any atom is -0.497 e. The molecule has 0 radical (unpaired) electrons. The van der Waals surface area contributed by atoms with E-state index in [0.29, 0.717) is 42.5 Å². The number of carbonyl (C=O) groups is 1. The van der Waals surface area contributed by atoms with Crippen molar-refractivity contribution in [2.24, 2.45) is 5.92 Å². The van der Waals surface area contributed by atoms with Crippen LogP contribution < -0.4 is 14.8 Å². The number of likely N-dealkylation sites (tertiary alicyclic amines) is 1. The molecule has 2 aromatic rings. The lowest BCUT2D eigenvalue weighted by atomic mass is 9.93. The molecule has 1 atom stereocenters. The zero-order valence-electron chi connectivity index (χ0n) is 18.1. The lowest BCUT2D eigenvalue weighted by Gasteiger charge is -2.32. The smallest absolute Gasteiger partial charge is 0.220 e. The second-order valence-electron chi connectivity index (χ2n) is 7.97. The number of piperidine rings is 1. The molecular weight excluding hydrogens is 402 g/mol. The molecule has 1 heterocycles. The third-order valence-corrected chi connectivity index (χ3v) is 5.76. The van der Waals surface area contributed by atoms with Crippen LogP contribution in [-0.2, 0) is 17.9 Å². The molecule has 1 amide bonds. The monoisotopic (exact) mass is 432 g/mol. The molecule has 0 aromatic heterocycles. The molecule has 168 valence electrons. The van der Waals surface area contributed by atoms with Crippen LogP contribution in [0.3, 0.4) is 0 Å². The summed E-state index contributed by atoms with van der Waals surface area (Å²) in [6.45, 7) is 2.56. The molecule has 0 bridgehead atoms. The van der Waals surface area contributed by atoms with Crippen LogP contribution in [0.15, 0.2) is 36.4 Å². The first-order valence-corrected chi connectivity index (χ1v) is 10.6. The number of rotatable bonds is 9. The van der Waals surface area contributed by atoms with E-state index >= 15 is 0 Å². The number of nitrogens with one attached hydrogen (secondary N) is 1. The summed E-state index contributed by atoms with van der Waals surface area (Å²) >= 11 is 0. The molecule has 1 saturated heterocycles. The van der Waals surface area contributed by atoms with Crippen LogP contribution in [0.5, 0.6) is 11.5 Å². The molecule has 0 unspecified atom stereocenters. The Morgan fingerprint density at radius 3 is 2.68 bits per heavy atom. The predicted octanol–water partition coefficient (Wildman–Crippen LogP) is 4.29. The highest BCUT2D eigenvalue weighted by atomic mass is 19.1. The maximum absolute atomic E-state index is 13.9. The summed E-state index contributed by atoms with van der Waals surface area (Å²) in [5, 5.41) is 2.96. The van der Waals surface area contributed by atoms with Gasteiger partial charge in [0.05, 0.1) is 14.2 Å². The van der Waals surface area contributed by atoms with E-state index in [4.69, 9.17) is 9.47 Å². The number of amides is 1. The summed E-state index contributed by atoms with van der Waals surface area (Å²) < 4.78 is 37.6. The van der Waals surface area contributed by atoms with Crippen molar-refractivity contribution in [2.75, 3.05) is 27.3 Å². The molecule has 3 rings (SSSR count). The highest BCUT2D eigenvalue weighted by Gasteiger charge is 2.21. The van der Waals surface area contributed by atoms with Crippen LogP contribution in [0.1, 0.15) is 36.8 Å². The van der Waals surface area contributed by atoms with E-state index in [9.17, 15) is 13.6 Å². The molecule has 31 heavy (non-hydrogen) atoms. The van der Waals surface area contributed by atoms with Crippen LogP contribution in [0, 0.1) is 17.6 Å². The van der Waals surface area contributed by atoms with Gasteiger partial charge in [-0.3, -0.25) is 9.69 Å². The van der Waals surface area contributed by atoms with Crippen molar-refractivity contribution in [2.45, 2.75) is 38.8 Å². The Kier molecular flexibility index (Phi) is 8.23. The molecule has 1 aliphatic rings. The van der Waals surface area contributed by atoms with E-state index in [1.807, 2.05) is 12.1 Å². The number of carbonyl (C=O) groups excluding carboxylic acids is 1. The molecule has 0 aliphatic carbocycles. The van der Waals surface area contributed by atoms with Gasteiger partial charge >= 0.3 is 0 Å². The van der Waals surface area contributed by atoms with Gasteiger partial charge in [0.15, 0.2) is 0 Å². The van der Waals surface area contributed by atoms with Crippen molar-refractivity contribution in [3.8, 4) is 11.5 Å². The first-order valence-electron chi connectivity index (χ1n) is 10.6. The van der Waals surface area contributed by atoms with Crippen molar-refractivity contribution >= 4 is 5.91 Å². The largest absolute Gasteiger partial charge is 0.497 e. The first-order chi connectivity index (χ1) is 15.0. The third kappa shape index (κ3) is 6.66. The highest BCUT2D eigenvalue weighted by Crippen LogP contribution is 2.25. The highest BCUT2D eigenvalue weighted by molar-refractivity contribution is 5.75. The van der Waals surface area contributed by atoms with Gasteiger partial charge in [-0.25, -0.2) is 8.78 Å². The van der Waals surface area contributed by atoms with Crippen LogP contribution >= 0.6 is 0 Å². The Balaban J connectivity index is 1.44. The maximum atomic E-state index is 13.9. The fourth-order valence-electron chi connectivity index (χ4n) is 4.04. The summed E-state index contributed by atoms with van der Waals surface area (Å²) in [6, 6.07) is 9.24. The third-order valence-electron chi connectivity index (χ3n) is 5.76. The SMILES string of the molecule is COc1ccc(CNC(=O)CC[C@@H]2CCCN(Cc3ccc(F)cc3F)C2)c(OC)c1. The quantitative estimate of drug-likeness (QED) is 0.642. The van der Waals surface area contributed by atoms with E-state index in [1.165, 1.54) is 12.1 Å². The Labute approximate surface area is 182 Å². The number of hydrogen-bond donors (Lipinski definition) is 1. The average molecular weight is 433 g/mol. The lowest BCUT2D eigenvalue weighted by molar-refractivity contribution is -0.121. The number of benzene rings is 2. The van der Waals surface area contributed by atoms with Crippen molar-refractivity contribution in [3.05, 3.63) is 59.2 Å². The second kappa shape index (κ2) is 11.1. The molecule has 1 aliphatic heterocycles. The van der Waals surface area contributed by atoms with Gasteiger partial charge in [-0.2, -0.15) is 0 Å². The molecule has 1 N–H and O–H groups in total. The van der Waals surface area contributed by atoms with Gasteiger partial charge in [0.1, 0.15) is 23.1 Å². The average Bonchev–Trinajstić information content (AvgIpc) is 2.78. The second-order valence-corrected chi connectivity index (χ2v) is 7.97. The zero-order valence-corrected chi connectivity index (χ0v) is 18.1. The maximum Gasteiger partial charge on any atom is 0.220 e. The van der Waals surface area contributed by atoms with Crippen LogP contribution in [0.2, 0.25) is 0 Å². The minimum atomic E-state index is -0.559. The van der Waals surface area contributed by atoms with Crippen molar-refractivity contribution < 1.29 is 23.0 Å². The summed E-state index contributed by atoms with van der Waals surface area (Å²) in [6.07, 6.45) is 3.30. The molecule has 0 spiro atoms. The standard InChI is InChI=1S/C24H30F2N2O3/c1-30-21-9-7-18(23(13-21)31-2)14-27-24(29)10-5-17-4-3-11-28(15-17)16-19-6-8-20(25)12-22(19)26/h6-9,12-13,17H,3-5,10-11,14-16H2,1-2H3,(H,27,29)/t17-/m0/s1. The fraction of sp³-hybridized carbons (Fsp3) is 0.458. The fourth-order valence-corrected chi connectivity index (χ4v) is 4.04. The van der Waals surface area contributed by atoms with E-state index < -0.39 is 11.6 Å². The molecular formula is C24H30F2N2O3. The molecule has 2 aromatic carbocycles. The van der Waals surface area contributed by atoms with Crippen molar-refractivity contribution in [3.63, 3.8) is 0 Å². The summed E-state index contributed by atoms with van der Waals surface area (Å²) in [7, 11) is 3.19. The van der Waals surface area contributed by atoms with Gasteiger partial charge in [0, 0.05) is 49.3 Å². The summed E-state index contributed by atoms with van der Waals surface area (Å²) in [5.41, 5.74) is 1.40. The topological polar surface area (TPSA) is 50.8 Å². The lowest BCUT2D eigenvalue weighted by Crippen LogP contribution is -2.35. The number of halogens is 2. The minimum absolute atomic E-state index is 0.000395. The van der Waals surface area contributed by atoms with E-state index in [2.05, 4.69) is 10.2 Å². The van der Waals surface area contributed by atoms with Crippen LogP contribution in [0.4, 0.5) is 8.78 Å². The van der Waals surface area contributed by atoms with Crippen LogP contribution in [-0.4, -0.2) is 38.1 Å². The molecule has 1 fully saturated rings. The van der Waals surface area contributed by atoms with Gasteiger partial charge in [-0.1, -0.05) is 6.07 Å². The summed E-state index contributed by atoms with van der Waals surface area (Å²) in [5.74, 6) is 0.703. The first kappa shape index (κ1) is 23.0. The Bertz CT molecular complexity index is 891. The molecule has 5 nitrogen and oxygen atoms in total. The van der Waals surface area contributed by atoms with E-state index in [0.717, 1.165) is 44.0 Å². The van der Waals surface area contributed by atoms with Gasteiger partial charge in [-0.05, 0) is 49.9 Å². The number of ether oxygens (including phenoxy) is 2.